The van der Waals surface area contributed by atoms with Gasteiger partial charge in [0, 0.05) is 11.4 Å². The molecule has 1 aromatic carbocycles. The van der Waals surface area contributed by atoms with Gasteiger partial charge in [-0.1, -0.05) is 29.8 Å². The number of ketones is 1. The lowest BCUT2D eigenvalue weighted by molar-refractivity contribution is -0.122. The molecule has 1 unspecified atom stereocenters. The molecule has 3 heteroatoms. The molecule has 0 saturated carbocycles. The lowest BCUT2D eigenvalue weighted by Gasteiger charge is -2.23. The molecule has 0 aliphatic carbocycles. The first-order valence-corrected chi connectivity index (χ1v) is 5.17. The van der Waals surface area contributed by atoms with Crippen LogP contribution >= 0.6 is 11.6 Å². The molecule has 1 saturated heterocycles. The maximum Gasteiger partial charge on any atom is 0.154 e. The summed E-state index contributed by atoms with van der Waals surface area (Å²) in [6.45, 7) is 0.891. The number of carbonyl (C=O) groups is 1. The van der Waals surface area contributed by atoms with Crippen LogP contribution in [0.15, 0.2) is 24.3 Å². The van der Waals surface area contributed by atoms with E-state index in [9.17, 15) is 4.79 Å². The van der Waals surface area contributed by atoms with Crippen LogP contribution in [0.2, 0.25) is 5.02 Å². The molecule has 14 heavy (non-hydrogen) atoms. The molecule has 1 N–H and O–H groups in total. The molecule has 0 radical (unpaired) electrons. The number of rotatable bonds is 1. The molecule has 1 atom stereocenters. The highest BCUT2D eigenvalue weighted by molar-refractivity contribution is 6.31. The van der Waals surface area contributed by atoms with E-state index in [0.717, 1.165) is 18.5 Å². The van der Waals surface area contributed by atoms with Gasteiger partial charge in [-0.25, -0.2) is 0 Å². The molecule has 2 nitrogen and oxygen atoms in total. The summed E-state index contributed by atoms with van der Waals surface area (Å²) in [5, 5.41) is 3.86. The summed E-state index contributed by atoms with van der Waals surface area (Å²) < 4.78 is 0. The van der Waals surface area contributed by atoms with Gasteiger partial charge in [-0.2, -0.15) is 0 Å². The van der Waals surface area contributed by atoms with Crippen LogP contribution in [-0.2, 0) is 4.79 Å². The van der Waals surface area contributed by atoms with E-state index in [0.29, 0.717) is 11.4 Å². The fourth-order valence-corrected chi connectivity index (χ4v) is 2.00. The highest BCUT2D eigenvalue weighted by Gasteiger charge is 2.24. The molecule has 1 aliphatic heterocycles. The van der Waals surface area contributed by atoms with Crippen LogP contribution in [0.5, 0.6) is 0 Å². The van der Waals surface area contributed by atoms with Gasteiger partial charge in [0.25, 0.3) is 0 Å². The van der Waals surface area contributed by atoms with E-state index in [4.69, 9.17) is 11.6 Å². The minimum Gasteiger partial charge on any atom is -0.304 e. The number of Topliss-reactive ketones (excluding diaryl/α,β-unsaturated/α-hetero) is 1. The first-order valence-electron chi connectivity index (χ1n) is 4.79. The Bertz CT molecular complexity index is 351. The first-order chi connectivity index (χ1) is 6.79. The van der Waals surface area contributed by atoms with Crippen molar-refractivity contribution in [3.8, 4) is 0 Å². The van der Waals surface area contributed by atoms with Crippen molar-refractivity contribution in [3.05, 3.63) is 34.9 Å². The Morgan fingerprint density at radius 2 is 2.14 bits per heavy atom. The third-order valence-electron chi connectivity index (χ3n) is 2.49. The van der Waals surface area contributed by atoms with Crippen molar-refractivity contribution < 1.29 is 4.79 Å². The molecular formula is C11H12ClNO. The van der Waals surface area contributed by atoms with E-state index in [2.05, 4.69) is 5.32 Å². The smallest absolute Gasteiger partial charge is 0.154 e. The van der Waals surface area contributed by atoms with Crippen molar-refractivity contribution in [2.75, 3.05) is 6.54 Å². The number of halogens is 1. The summed E-state index contributed by atoms with van der Waals surface area (Å²) in [7, 11) is 0. The maximum absolute atomic E-state index is 11.6. The summed E-state index contributed by atoms with van der Waals surface area (Å²) in [4.78, 5) is 11.6. The average Bonchev–Trinajstić information content (AvgIpc) is 2.20. The van der Waals surface area contributed by atoms with Crippen molar-refractivity contribution >= 4 is 17.4 Å². The molecule has 0 spiro atoms. The second-order valence-corrected chi connectivity index (χ2v) is 3.89. The second-order valence-electron chi connectivity index (χ2n) is 3.48. The van der Waals surface area contributed by atoms with Gasteiger partial charge in [-0.05, 0) is 24.6 Å². The van der Waals surface area contributed by atoms with Crippen molar-refractivity contribution in [2.45, 2.75) is 18.9 Å². The molecule has 1 fully saturated rings. The van der Waals surface area contributed by atoms with Crippen LogP contribution in [0.4, 0.5) is 0 Å². The van der Waals surface area contributed by atoms with Gasteiger partial charge in [-0.3, -0.25) is 4.79 Å². The Balaban J connectivity index is 2.29. The maximum atomic E-state index is 11.6. The minimum absolute atomic E-state index is 0.197. The van der Waals surface area contributed by atoms with Gasteiger partial charge >= 0.3 is 0 Å². The number of hydrogen-bond donors (Lipinski definition) is 1. The first kappa shape index (κ1) is 9.69. The Labute approximate surface area is 88.3 Å². The summed E-state index contributed by atoms with van der Waals surface area (Å²) in [5.41, 5.74) is 0.902. The molecule has 74 valence electrons. The van der Waals surface area contributed by atoms with Crippen LogP contribution < -0.4 is 5.32 Å². The number of piperidine rings is 1. The van der Waals surface area contributed by atoms with E-state index in [1.54, 1.807) is 0 Å². The molecule has 0 aromatic heterocycles. The van der Waals surface area contributed by atoms with E-state index < -0.39 is 0 Å². The lowest BCUT2D eigenvalue weighted by Crippen LogP contribution is -2.34. The van der Waals surface area contributed by atoms with E-state index in [1.165, 1.54) is 0 Å². The van der Waals surface area contributed by atoms with E-state index in [-0.39, 0.29) is 11.8 Å². The number of hydrogen-bond acceptors (Lipinski definition) is 2. The van der Waals surface area contributed by atoms with Gasteiger partial charge in [0.05, 0.1) is 6.04 Å². The average molecular weight is 210 g/mol. The quantitative estimate of drug-likeness (QED) is 0.769. The van der Waals surface area contributed by atoms with Crippen molar-refractivity contribution in [2.24, 2.45) is 0 Å². The Hall–Kier alpha value is -0.860. The van der Waals surface area contributed by atoms with Crippen LogP contribution in [0.3, 0.4) is 0 Å². The second kappa shape index (κ2) is 4.11. The van der Waals surface area contributed by atoms with E-state index in [1.807, 2.05) is 24.3 Å². The molecule has 1 aromatic rings. The Morgan fingerprint density at radius 3 is 2.86 bits per heavy atom. The number of benzene rings is 1. The number of nitrogens with one attached hydrogen (secondary N) is 1. The highest BCUT2D eigenvalue weighted by atomic mass is 35.5. The molecule has 2 rings (SSSR count). The fourth-order valence-electron chi connectivity index (χ4n) is 1.76. The standard InChI is InChI=1S/C11H12ClNO/c12-9-5-2-1-4-8(9)11-10(14)6-3-7-13-11/h1-2,4-5,11,13H,3,6-7H2. The topological polar surface area (TPSA) is 29.1 Å². The molecular weight excluding hydrogens is 198 g/mol. The minimum atomic E-state index is -0.197. The van der Waals surface area contributed by atoms with Gasteiger partial charge in [0.1, 0.15) is 0 Å². The summed E-state index contributed by atoms with van der Waals surface area (Å²) in [6.07, 6.45) is 1.59. The Kier molecular flexibility index (Phi) is 2.85. The monoisotopic (exact) mass is 209 g/mol. The summed E-state index contributed by atoms with van der Waals surface area (Å²) >= 11 is 6.03. The van der Waals surface area contributed by atoms with Crippen LogP contribution in [0.25, 0.3) is 0 Å². The van der Waals surface area contributed by atoms with Crippen LogP contribution in [0, 0.1) is 0 Å². The van der Waals surface area contributed by atoms with Gasteiger partial charge in [0.15, 0.2) is 5.78 Å². The van der Waals surface area contributed by atoms with Gasteiger partial charge < -0.3 is 5.32 Å². The van der Waals surface area contributed by atoms with Gasteiger partial charge in [-0.15, -0.1) is 0 Å². The summed E-state index contributed by atoms with van der Waals surface area (Å²) in [6, 6.07) is 7.31. The lowest BCUT2D eigenvalue weighted by atomic mass is 9.96. The molecule has 1 aliphatic rings. The van der Waals surface area contributed by atoms with Crippen molar-refractivity contribution in [1.82, 2.24) is 5.32 Å². The van der Waals surface area contributed by atoms with Crippen LogP contribution in [-0.4, -0.2) is 12.3 Å². The van der Waals surface area contributed by atoms with Crippen molar-refractivity contribution in [1.29, 1.82) is 0 Å². The highest BCUT2D eigenvalue weighted by Crippen LogP contribution is 2.26. The zero-order valence-corrected chi connectivity index (χ0v) is 8.55. The van der Waals surface area contributed by atoms with Crippen LogP contribution in [0.1, 0.15) is 24.4 Å². The predicted octanol–water partition coefficient (Wildman–Crippen LogP) is 2.33. The third kappa shape index (κ3) is 1.81. The SMILES string of the molecule is O=C1CCCNC1c1ccccc1Cl. The third-order valence-corrected chi connectivity index (χ3v) is 2.83. The zero-order chi connectivity index (χ0) is 9.97. The van der Waals surface area contributed by atoms with E-state index >= 15 is 0 Å². The fraction of sp³-hybridized carbons (Fsp3) is 0.364. The normalized spacial score (nSPS) is 22.4. The molecule has 1 heterocycles. The Morgan fingerprint density at radius 1 is 1.36 bits per heavy atom. The largest absolute Gasteiger partial charge is 0.304 e. The predicted molar refractivity (Wildman–Crippen MR) is 56.4 cm³/mol. The summed E-state index contributed by atoms with van der Waals surface area (Å²) in [5.74, 6) is 0.240. The molecule has 0 bridgehead atoms. The van der Waals surface area contributed by atoms with Crippen molar-refractivity contribution in [3.63, 3.8) is 0 Å². The molecule has 0 amide bonds. The zero-order valence-electron chi connectivity index (χ0n) is 7.79. The number of carbonyl (C=O) groups excluding carboxylic acids is 1. The van der Waals surface area contributed by atoms with Gasteiger partial charge in [0.2, 0.25) is 0 Å².